The fraction of sp³-hybridized carbons (Fsp3) is 0.609. The number of carbonyl (C=O) groups excluding carboxylic acids is 1. The first-order valence-electron chi connectivity index (χ1n) is 11.5. The number of hydrogen-bond acceptors (Lipinski definition) is 7. The van der Waals surface area contributed by atoms with Gasteiger partial charge in [0, 0.05) is 36.9 Å². The summed E-state index contributed by atoms with van der Waals surface area (Å²) in [6, 6.07) is 8.46. The van der Waals surface area contributed by atoms with E-state index in [0.29, 0.717) is 18.4 Å². The van der Waals surface area contributed by atoms with E-state index in [0.717, 1.165) is 57.1 Å². The van der Waals surface area contributed by atoms with Crippen LogP contribution in [0.5, 0.6) is 0 Å². The summed E-state index contributed by atoms with van der Waals surface area (Å²) in [5.41, 5.74) is 1.97. The predicted octanol–water partition coefficient (Wildman–Crippen LogP) is 2.96. The van der Waals surface area contributed by atoms with Crippen LogP contribution in [-0.4, -0.2) is 72.9 Å². The van der Waals surface area contributed by atoms with Crippen LogP contribution < -0.4 is 10.2 Å². The van der Waals surface area contributed by atoms with Crippen molar-refractivity contribution in [2.75, 3.05) is 50.8 Å². The highest BCUT2D eigenvalue weighted by Gasteiger charge is 2.19. The molecule has 2 aromatic rings. The summed E-state index contributed by atoms with van der Waals surface area (Å²) in [7, 11) is 0. The molecular formula is C23H33N5O3. The first kappa shape index (κ1) is 21.8. The zero-order valence-electron chi connectivity index (χ0n) is 18.4. The number of morpholine rings is 1. The molecule has 8 nitrogen and oxygen atoms in total. The minimum absolute atomic E-state index is 0.00896. The molecule has 1 amide bonds. The first-order chi connectivity index (χ1) is 15.2. The second-order valence-electron chi connectivity index (χ2n) is 8.41. The van der Waals surface area contributed by atoms with Gasteiger partial charge in [-0.3, -0.25) is 4.79 Å². The molecule has 31 heavy (non-hydrogen) atoms. The smallest absolute Gasteiger partial charge is 0.316 e. The Hall–Kier alpha value is -2.45. The Kier molecular flexibility index (Phi) is 7.53. The fourth-order valence-corrected chi connectivity index (χ4v) is 4.26. The number of ether oxygens (including phenoxy) is 1. The lowest BCUT2D eigenvalue weighted by molar-refractivity contribution is 0.0904. The van der Waals surface area contributed by atoms with Gasteiger partial charge in [-0.05, 0) is 63.5 Å². The molecule has 2 saturated heterocycles. The van der Waals surface area contributed by atoms with Gasteiger partial charge >= 0.3 is 11.8 Å². The van der Waals surface area contributed by atoms with E-state index < -0.39 is 0 Å². The van der Waals surface area contributed by atoms with Crippen molar-refractivity contribution < 1.29 is 14.1 Å². The average molecular weight is 428 g/mol. The minimum atomic E-state index is -0.313. The van der Waals surface area contributed by atoms with Crippen LogP contribution in [-0.2, 0) is 4.74 Å². The number of benzene rings is 1. The summed E-state index contributed by atoms with van der Waals surface area (Å²) in [5, 5.41) is 6.91. The summed E-state index contributed by atoms with van der Waals surface area (Å²) >= 11 is 0. The summed E-state index contributed by atoms with van der Waals surface area (Å²) in [6.07, 6.45) is 6.12. The van der Waals surface area contributed by atoms with E-state index >= 15 is 0 Å². The van der Waals surface area contributed by atoms with Crippen LogP contribution in [0.15, 0.2) is 28.8 Å². The molecule has 3 heterocycles. The third-order valence-electron chi connectivity index (χ3n) is 6.23. The lowest BCUT2D eigenvalue weighted by Gasteiger charge is -2.28. The molecule has 1 aromatic carbocycles. The normalized spacial score (nSPS) is 19.1. The monoisotopic (exact) mass is 427 g/mol. The van der Waals surface area contributed by atoms with E-state index in [1.54, 1.807) is 0 Å². The van der Waals surface area contributed by atoms with Gasteiger partial charge < -0.3 is 24.4 Å². The molecule has 0 spiro atoms. The van der Waals surface area contributed by atoms with Crippen LogP contribution in [0, 0.1) is 0 Å². The molecule has 0 radical (unpaired) electrons. The van der Waals surface area contributed by atoms with Crippen molar-refractivity contribution in [3.63, 3.8) is 0 Å². The van der Waals surface area contributed by atoms with E-state index in [-0.39, 0.29) is 11.8 Å². The zero-order chi connectivity index (χ0) is 21.5. The summed E-state index contributed by atoms with van der Waals surface area (Å²) in [6.45, 7) is 8.44. The maximum atomic E-state index is 12.4. The number of aromatic nitrogens is 2. The summed E-state index contributed by atoms with van der Waals surface area (Å²) in [4.78, 5) is 21.5. The van der Waals surface area contributed by atoms with Crippen LogP contribution in [0.1, 0.15) is 49.7 Å². The lowest BCUT2D eigenvalue weighted by Crippen LogP contribution is -2.37. The number of hydrogen-bond donors (Lipinski definition) is 1. The number of carbonyl (C=O) groups is 1. The summed E-state index contributed by atoms with van der Waals surface area (Å²) < 4.78 is 10.6. The molecule has 1 atom stereocenters. The van der Waals surface area contributed by atoms with Crippen LogP contribution >= 0.6 is 0 Å². The van der Waals surface area contributed by atoms with E-state index in [2.05, 4.69) is 32.2 Å². The number of amides is 1. The Morgan fingerprint density at radius 1 is 1.06 bits per heavy atom. The van der Waals surface area contributed by atoms with Crippen molar-refractivity contribution in [2.45, 2.75) is 45.1 Å². The first-order valence-corrected chi connectivity index (χ1v) is 11.5. The Morgan fingerprint density at radius 2 is 1.77 bits per heavy atom. The SMILES string of the molecule is CC(CCNC(=O)c1nc(-c2ccc(N3CCOCC3)cc2)no1)N1CCCCCC1. The van der Waals surface area contributed by atoms with Crippen LogP contribution in [0.4, 0.5) is 5.69 Å². The van der Waals surface area contributed by atoms with Crippen LogP contribution in [0.2, 0.25) is 0 Å². The molecule has 4 rings (SSSR count). The lowest BCUT2D eigenvalue weighted by atomic mass is 10.2. The predicted molar refractivity (Wildman–Crippen MR) is 119 cm³/mol. The van der Waals surface area contributed by atoms with Gasteiger partial charge in [0.05, 0.1) is 13.2 Å². The standard InChI is InChI=1S/C23H33N5O3/c1-18(27-12-4-2-3-5-13-27)10-11-24-22(29)23-25-21(26-31-23)19-6-8-20(9-7-19)28-14-16-30-17-15-28/h6-9,18H,2-5,10-17H2,1H3,(H,24,29). The van der Waals surface area contributed by atoms with Gasteiger partial charge in [0.15, 0.2) is 0 Å². The highest BCUT2D eigenvalue weighted by Crippen LogP contribution is 2.22. The molecule has 0 bridgehead atoms. The molecule has 0 saturated carbocycles. The quantitative estimate of drug-likeness (QED) is 0.727. The van der Waals surface area contributed by atoms with Crippen molar-refractivity contribution in [1.82, 2.24) is 20.4 Å². The van der Waals surface area contributed by atoms with E-state index in [1.807, 2.05) is 24.3 Å². The number of anilines is 1. The molecule has 2 aliphatic heterocycles. The molecule has 1 aromatic heterocycles. The van der Waals surface area contributed by atoms with E-state index in [1.165, 1.54) is 25.7 Å². The van der Waals surface area contributed by atoms with Gasteiger partial charge in [0.2, 0.25) is 5.82 Å². The van der Waals surface area contributed by atoms with Crippen molar-refractivity contribution in [3.8, 4) is 11.4 Å². The van der Waals surface area contributed by atoms with E-state index in [4.69, 9.17) is 9.26 Å². The van der Waals surface area contributed by atoms with Crippen molar-refractivity contribution in [3.05, 3.63) is 30.2 Å². The largest absolute Gasteiger partial charge is 0.378 e. The zero-order valence-corrected chi connectivity index (χ0v) is 18.4. The molecule has 0 aliphatic carbocycles. The third kappa shape index (κ3) is 5.83. The Morgan fingerprint density at radius 3 is 2.48 bits per heavy atom. The second kappa shape index (κ2) is 10.7. The van der Waals surface area contributed by atoms with Crippen LogP contribution in [0.3, 0.4) is 0 Å². The highest BCUT2D eigenvalue weighted by atomic mass is 16.5. The number of nitrogens with zero attached hydrogens (tertiary/aromatic N) is 4. The number of nitrogens with one attached hydrogen (secondary N) is 1. The average Bonchev–Trinajstić information content (AvgIpc) is 3.15. The second-order valence-corrected chi connectivity index (χ2v) is 8.41. The molecular weight excluding hydrogens is 394 g/mol. The van der Waals surface area contributed by atoms with Gasteiger partial charge in [-0.15, -0.1) is 0 Å². The van der Waals surface area contributed by atoms with Crippen molar-refractivity contribution >= 4 is 11.6 Å². The maximum Gasteiger partial charge on any atom is 0.316 e. The molecule has 168 valence electrons. The fourth-order valence-electron chi connectivity index (χ4n) is 4.26. The van der Waals surface area contributed by atoms with Crippen molar-refractivity contribution in [2.24, 2.45) is 0 Å². The minimum Gasteiger partial charge on any atom is -0.378 e. The topological polar surface area (TPSA) is 83.7 Å². The maximum absolute atomic E-state index is 12.4. The molecule has 2 aliphatic rings. The molecule has 8 heteroatoms. The Balaban J connectivity index is 1.27. The van der Waals surface area contributed by atoms with E-state index in [9.17, 15) is 4.79 Å². The summed E-state index contributed by atoms with van der Waals surface area (Å²) in [5.74, 6) is 0.123. The van der Waals surface area contributed by atoms with Gasteiger partial charge in [-0.1, -0.05) is 18.0 Å². The highest BCUT2D eigenvalue weighted by molar-refractivity contribution is 5.89. The van der Waals surface area contributed by atoms with Gasteiger partial charge in [0.1, 0.15) is 0 Å². The van der Waals surface area contributed by atoms with Crippen LogP contribution in [0.25, 0.3) is 11.4 Å². The molecule has 2 fully saturated rings. The van der Waals surface area contributed by atoms with Gasteiger partial charge in [0.25, 0.3) is 0 Å². The number of likely N-dealkylation sites (tertiary alicyclic amines) is 1. The Bertz CT molecular complexity index is 824. The number of rotatable bonds is 7. The molecule has 1 N–H and O–H groups in total. The molecule has 1 unspecified atom stereocenters. The van der Waals surface area contributed by atoms with Gasteiger partial charge in [-0.25, -0.2) is 0 Å². The third-order valence-corrected chi connectivity index (χ3v) is 6.23. The van der Waals surface area contributed by atoms with Crippen molar-refractivity contribution in [1.29, 1.82) is 0 Å². The Labute approximate surface area is 183 Å². The van der Waals surface area contributed by atoms with Gasteiger partial charge in [-0.2, -0.15) is 4.98 Å².